The molecule has 2 aliphatic rings. The summed E-state index contributed by atoms with van der Waals surface area (Å²) < 4.78 is 5.37. The Labute approximate surface area is 107 Å². The molecule has 2 heterocycles. The van der Waals surface area contributed by atoms with Gasteiger partial charge >= 0.3 is 0 Å². The van der Waals surface area contributed by atoms with Crippen LogP contribution in [0.5, 0.6) is 0 Å². The van der Waals surface area contributed by atoms with E-state index in [1.54, 1.807) is 12.0 Å². The van der Waals surface area contributed by atoms with Crippen LogP contribution in [0.4, 0.5) is 0 Å². The largest absolute Gasteiger partial charge is 0.483 e. The number of fused-ring (bicyclic) bond motifs is 1. The van der Waals surface area contributed by atoms with Crippen LogP contribution in [0, 0.1) is 5.92 Å². The highest BCUT2D eigenvalue weighted by Crippen LogP contribution is 2.34. The van der Waals surface area contributed by atoms with E-state index in [0.717, 1.165) is 0 Å². The fraction of sp³-hybridized carbons (Fsp3) is 0.769. The zero-order chi connectivity index (χ0) is 13.5. The standard InChI is InChI=1S/C13H20N2O3/c1-8(2)10-11(17)15-7-9(16)5-6-13(15,3)12(14-10)18-4/h8,10H,5-7H2,1-4H3/t10-,13+/m1/s1. The Hall–Kier alpha value is -1.39. The van der Waals surface area contributed by atoms with Crippen molar-refractivity contribution >= 4 is 17.6 Å². The normalized spacial score (nSPS) is 32.4. The van der Waals surface area contributed by atoms with Gasteiger partial charge in [-0.05, 0) is 19.3 Å². The molecule has 0 aromatic carbocycles. The van der Waals surface area contributed by atoms with Crippen molar-refractivity contribution in [1.29, 1.82) is 0 Å². The minimum atomic E-state index is -0.550. The van der Waals surface area contributed by atoms with E-state index in [2.05, 4.69) is 4.99 Å². The Morgan fingerprint density at radius 1 is 1.44 bits per heavy atom. The first-order valence-corrected chi connectivity index (χ1v) is 6.35. The van der Waals surface area contributed by atoms with Crippen LogP contribution in [0.15, 0.2) is 4.99 Å². The molecule has 5 heteroatoms. The smallest absolute Gasteiger partial charge is 0.249 e. The predicted molar refractivity (Wildman–Crippen MR) is 67.4 cm³/mol. The van der Waals surface area contributed by atoms with Crippen molar-refractivity contribution < 1.29 is 14.3 Å². The number of ether oxygens (including phenoxy) is 1. The molecule has 0 spiro atoms. The van der Waals surface area contributed by atoms with Crippen LogP contribution in [0.2, 0.25) is 0 Å². The molecule has 0 aromatic heterocycles. The number of hydrogen-bond acceptors (Lipinski definition) is 4. The number of carbonyl (C=O) groups is 2. The van der Waals surface area contributed by atoms with Gasteiger partial charge in [-0.15, -0.1) is 0 Å². The molecule has 100 valence electrons. The number of nitrogens with zero attached hydrogens (tertiary/aromatic N) is 2. The van der Waals surface area contributed by atoms with Gasteiger partial charge in [0.25, 0.3) is 0 Å². The molecule has 0 aromatic rings. The first-order valence-electron chi connectivity index (χ1n) is 6.35. The molecule has 0 bridgehead atoms. The molecule has 2 atom stereocenters. The average Bonchev–Trinajstić information content (AvgIpc) is 2.31. The second-order valence-electron chi connectivity index (χ2n) is 5.56. The third-order valence-corrected chi connectivity index (χ3v) is 3.88. The number of rotatable bonds is 1. The Balaban J connectivity index is 2.44. The summed E-state index contributed by atoms with van der Waals surface area (Å²) in [5, 5.41) is 0. The Bertz CT molecular complexity index is 416. The summed E-state index contributed by atoms with van der Waals surface area (Å²) in [6.45, 7) is 6.01. The summed E-state index contributed by atoms with van der Waals surface area (Å²) in [4.78, 5) is 30.1. The number of aliphatic imine (C=N–C) groups is 1. The van der Waals surface area contributed by atoms with Crippen molar-refractivity contribution in [3.05, 3.63) is 0 Å². The number of ketones is 1. The van der Waals surface area contributed by atoms with Gasteiger partial charge in [0.05, 0.1) is 13.7 Å². The number of piperidine rings is 1. The molecule has 1 amide bonds. The molecule has 0 unspecified atom stereocenters. The maximum absolute atomic E-state index is 12.4. The summed E-state index contributed by atoms with van der Waals surface area (Å²) in [6.07, 6.45) is 1.07. The first kappa shape index (κ1) is 13.1. The van der Waals surface area contributed by atoms with Gasteiger partial charge in [-0.2, -0.15) is 0 Å². The second kappa shape index (κ2) is 4.37. The lowest BCUT2D eigenvalue weighted by atomic mass is 9.84. The van der Waals surface area contributed by atoms with E-state index >= 15 is 0 Å². The van der Waals surface area contributed by atoms with Gasteiger partial charge in [-0.3, -0.25) is 9.59 Å². The summed E-state index contributed by atoms with van der Waals surface area (Å²) in [5.74, 6) is 0.736. The van der Waals surface area contributed by atoms with E-state index in [0.29, 0.717) is 18.7 Å². The third-order valence-electron chi connectivity index (χ3n) is 3.88. The van der Waals surface area contributed by atoms with E-state index in [9.17, 15) is 9.59 Å². The second-order valence-corrected chi connectivity index (χ2v) is 5.56. The molecule has 0 aliphatic carbocycles. The van der Waals surface area contributed by atoms with Gasteiger partial charge in [0, 0.05) is 6.42 Å². The van der Waals surface area contributed by atoms with E-state index in [1.165, 1.54) is 0 Å². The maximum Gasteiger partial charge on any atom is 0.249 e. The molecule has 0 N–H and O–H groups in total. The van der Waals surface area contributed by atoms with Crippen LogP contribution < -0.4 is 0 Å². The van der Waals surface area contributed by atoms with E-state index in [-0.39, 0.29) is 24.2 Å². The van der Waals surface area contributed by atoms with Gasteiger partial charge in [0.1, 0.15) is 11.6 Å². The molecule has 0 saturated carbocycles. The number of Topliss-reactive ketones (excluding diaryl/α,β-unsaturated/α-hetero) is 1. The van der Waals surface area contributed by atoms with Crippen molar-refractivity contribution in [2.24, 2.45) is 10.9 Å². The lowest BCUT2D eigenvalue weighted by Gasteiger charge is -2.48. The Morgan fingerprint density at radius 3 is 2.67 bits per heavy atom. The maximum atomic E-state index is 12.4. The zero-order valence-electron chi connectivity index (χ0n) is 11.4. The van der Waals surface area contributed by atoms with Gasteiger partial charge in [0.15, 0.2) is 5.78 Å². The van der Waals surface area contributed by atoms with Crippen LogP contribution in [-0.2, 0) is 14.3 Å². The lowest BCUT2D eigenvalue weighted by molar-refractivity contribution is -0.146. The average molecular weight is 252 g/mol. The van der Waals surface area contributed by atoms with Crippen molar-refractivity contribution in [1.82, 2.24) is 4.90 Å². The van der Waals surface area contributed by atoms with E-state index in [1.807, 2.05) is 20.8 Å². The molecular formula is C13H20N2O3. The summed E-state index contributed by atoms with van der Waals surface area (Å²) in [6, 6.07) is -0.432. The van der Waals surface area contributed by atoms with Crippen LogP contribution in [0.3, 0.4) is 0 Å². The van der Waals surface area contributed by atoms with Gasteiger partial charge in [0.2, 0.25) is 11.8 Å². The molecular weight excluding hydrogens is 232 g/mol. The first-order chi connectivity index (χ1) is 8.40. The zero-order valence-corrected chi connectivity index (χ0v) is 11.4. The predicted octanol–water partition coefficient (Wildman–Crippen LogP) is 1.02. The molecule has 2 aliphatic heterocycles. The highest BCUT2D eigenvalue weighted by molar-refractivity contribution is 6.01. The van der Waals surface area contributed by atoms with Crippen LogP contribution >= 0.6 is 0 Å². The minimum Gasteiger partial charge on any atom is -0.483 e. The van der Waals surface area contributed by atoms with Gasteiger partial charge in [-0.25, -0.2) is 4.99 Å². The highest BCUT2D eigenvalue weighted by Gasteiger charge is 2.50. The quantitative estimate of drug-likeness (QED) is 0.700. The summed E-state index contributed by atoms with van der Waals surface area (Å²) >= 11 is 0. The van der Waals surface area contributed by atoms with Gasteiger partial charge in [-0.1, -0.05) is 13.8 Å². The van der Waals surface area contributed by atoms with Crippen molar-refractivity contribution in [3.63, 3.8) is 0 Å². The van der Waals surface area contributed by atoms with E-state index in [4.69, 9.17) is 4.74 Å². The fourth-order valence-electron chi connectivity index (χ4n) is 2.68. The van der Waals surface area contributed by atoms with Crippen LogP contribution in [0.25, 0.3) is 0 Å². The van der Waals surface area contributed by atoms with Crippen molar-refractivity contribution in [2.45, 2.75) is 45.2 Å². The van der Waals surface area contributed by atoms with Crippen molar-refractivity contribution in [3.8, 4) is 0 Å². The van der Waals surface area contributed by atoms with Crippen LogP contribution in [0.1, 0.15) is 33.6 Å². The number of carbonyl (C=O) groups excluding carboxylic acids is 2. The van der Waals surface area contributed by atoms with E-state index < -0.39 is 11.6 Å². The number of amides is 1. The third kappa shape index (κ3) is 1.82. The highest BCUT2D eigenvalue weighted by atomic mass is 16.5. The summed E-state index contributed by atoms with van der Waals surface area (Å²) in [5.41, 5.74) is -0.550. The summed E-state index contributed by atoms with van der Waals surface area (Å²) in [7, 11) is 1.58. The number of methoxy groups -OCH3 is 1. The SMILES string of the molecule is COC1=N[C@H](C(C)C)C(=O)N2CC(=O)CC[C@@]12C. The monoisotopic (exact) mass is 252 g/mol. The topological polar surface area (TPSA) is 59.0 Å². The molecule has 18 heavy (non-hydrogen) atoms. The number of hydrogen-bond donors (Lipinski definition) is 0. The molecule has 2 rings (SSSR count). The Morgan fingerprint density at radius 2 is 2.11 bits per heavy atom. The molecule has 0 radical (unpaired) electrons. The Kier molecular flexibility index (Phi) is 3.17. The molecule has 1 saturated heterocycles. The lowest BCUT2D eigenvalue weighted by Crippen LogP contribution is -2.65. The fourth-order valence-corrected chi connectivity index (χ4v) is 2.68. The molecule has 5 nitrogen and oxygen atoms in total. The van der Waals surface area contributed by atoms with Crippen LogP contribution in [-0.4, -0.2) is 47.7 Å². The molecule has 1 fully saturated rings. The minimum absolute atomic E-state index is 0.0543. The van der Waals surface area contributed by atoms with Crippen molar-refractivity contribution in [2.75, 3.05) is 13.7 Å². The van der Waals surface area contributed by atoms with Gasteiger partial charge < -0.3 is 9.64 Å².